The average Bonchev–Trinajstić information content (AvgIpc) is 2.16. The Hall–Kier alpha value is -1.46. The molecule has 2 aromatic rings. The Morgan fingerprint density at radius 2 is 1.73 bits per heavy atom. The van der Waals surface area contributed by atoms with Crippen molar-refractivity contribution in [3.8, 4) is 11.4 Å². The van der Waals surface area contributed by atoms with Crippen molar-refractivity contribution < 1.29 is 0 Å². The number of anilines is 1. The van der Waals surface area contributed by atoms with Crippen molar-refractivity contribution in [1.82, 2.24) is 19.9 Å². The standard InChI is InChI=1S/C8H5Cl2N5/c9-6-1-4(14-8(11)15-6)5-2-12-3-7(10)13-5/h1-3H,(H2,11,14,15). The number of halogens is 2. The van der Waals surface area contributed by atoms with Crippen LogP contribution in [0.15, 0.2) is 18.5 Å². The highest BCUT2D eigenvalue weighted by molar-refractivity contribution is 6.30. The van der Waals surface area contributed by atoms with Crippen molar-refractivity contribution in [3.63, 3.8) is 0 Å². The fraction of sp³-hybridized carbons (Fsp3) is 0. The summed E-state index contributed by atoms with van der Waals surface area (Å²) in [5.74, 6) is 0.0827. The maximum absolute atomic E-state index is 5.73. The summed E-state index contributed by atoms with van der Waals surface area (Å²) in [6.45, 7) is 0. The summed E-state index contributed by atoms with van der Waals surface area (Å²) < 4.78 is 0. The Bertz CT molecular complexity index is 482. The maximum atomic E-state index is 5.73. The molecule has 0 saturated heterocycles. The minimum absolute atomic E-state index is 0.0827. The fourth-order valence-electron chi connectivity index (χ4n) is 1.03. The second-order valence-electron chi connectivity index (χ2n) is 2.66. The fourth-order valence-corrected chi connectivity index (χ4v) is 1.37. The number of aromatic nitrogens is 4. The predicted octanol–water partition coefficient (Wildman–Crippen LogP) is 1.82. The summed E-state index contributed by atoms with van der Waals surface area (Å²) in [5, 5.41) is 0.528. The van der Waals surface area contributed by atoms with Gasteiger partial charge in [0.1, 0.15) is 16.0 Å². The number of rotatable bonds is 1. The summed E-state index contributed by atoms with van der Waals surface area (Å²) in [4.78, 5) is 15.6. The van der Waals surface area contributed by atoms with Gasteiger partial charge < -0.3 is 5.73 Å². The molecule has 0 saturated carbocycles. The SMILES string of the molecule is Nc1nc(Cl)cc(-c2cncc(Cl)n2)n1. The zero-order valence-corrected chi connectivity index (χ0v) is 8.87. The van der Waals surface area contributed by atoms with Crippen molar-refractivity contribution in [3.05, 3.63) is 28.8 Å². The van der Waals surface area contributed by atoms with Gasteiger partial charge in [-0.2, -0.15) is 0 Å². The second kappa shape index (κ2) is 3.96. The van der Waals surface area contributed by atoms with Gasteiger partial charge in [0.25, 0.3) is 0 Å². The highest BCUT2D eigenvalue weighted by Gasteiger charge is 2.05. The number of hydrogen-bond acceptors (Lipinski definition) is 5. The molecule has 0 fully saturated rings. The van der Waals surface area contributed by atoms with E-state index in [0.717, 1.165) is 0 Å². The van der Waals surface area contributed by atoms with Crippen LogP contribution < -0.4 is 5.73 Å². The molecule has 0 aliphatic rings. The molecule has 0 bridgehead atoms. The molecule has 2 N–H and O–H groups in total. The van der Waals surface area contributed by atoms with Crippen molar-refractivity contribution in [2.45, 2.75) is 0 Å². The Kier molecular flexibility index (Phi) is 2.66. The molecule has 2 heterocycles. The van der Waals surface area contributed by atoms with E-state index in [1.165, 1.54) is 18.5 Å². The lowest BCUT2D eigenvalue weighted by atomic mass is 10.3. The lowest BCUT2D eigenvalue weighted by Gasteiger charge is -2.01. The van der Waals surface area contributed by atoms with E-state index >= 15 is 0 Å². The molecule has 5 nitrogen and oxygen atoms in total. The topological polar surface area (TPSA) is 77.6 Å². The van der Waals surface area contributed by atoms with E-state index < -0.39 is 0 Å². The number of nitrogens with zero attached hydrogens (tertiary/aromatic N) is 4. The van der Waals surface area contributed by atoms with Gasteiger partial charge in [-0.25, -0.2) is 15.0 Å². The third kappa shape index (κ3) is 2.31. The van der Waals surface area contributed by atoms with Crippen LogP contribution in [-0.2, 0) is 0 Å². The molecule has 0 amide bonds. The van der Waals surface area contributed by atoms with Crippen LogP contribution in [0.4, 0.5) is 5.95 Å². The molecule has 0 aliphatic carbocycles. The largest absolute Gasteiger partial charge is 0.368 e. The third-order valence-corrected chi connectivity index (χ3v) is 1.96. The van der Waals surface area contributed by atoms with Crippen LogP contribution in [0.2, 0.25) is 10.3 Å². The Morgan fingerprint density at radius 1 is 0.933 bits per heavy atom. The van der Waals surface area contributed by atoms with Gasteiger partial charge in [0, 0.05) is 6.07 Å². The van der Waals surface area contributed by atoms with Gasteiger partial charge in [-0.05, 0) is 0 Å². The van der Waals surface area contributed by atoms with E-state index in [1.54, 1.807) is 0 Å². The zero-order chi connectivity index (χ0) is 10.8. The highest BCUT2D eigenvalue weighted by Crippen LogP contribution is 2.19. The quantitative estimate of drug-likeness (QED) is 0.771. The first-order valence-electron chi connectivity index (χ1n) is 3.93. The average molecular weight is 242 g/mol. The first-order valence-corrected chi connectivity index (χ1v) is 4.69. The Labute approximate surface area is 95.3 Å². The number of hydrogen-bond donors (Lipinski definition) is 1. The van der Waals surface area contributed by atoms with Crippen LogP contribution in [0.25, 0.3) is 11.4 Å². The van der Waals surface area contributed by atoms with E-state index in [9.17, 15) is 0 Å². The molecule has 0 aromatic carbocycles. The lowest BCUT2D eigenvalue weighted by molar-refractivity contribution is 1.14. The molecule has 0 atom stereocenters. The Balaban J connectivity index is 2.54. The van der Waals surface area contributed by atoms with Crippen molar-refractivity contribution in [1.29, 1.82) is 0 Å². The highest BCUT2D eigenvalue weighted by atomic mass is 35.5. The molecule has 15 heavy (non-hydrogen) atoms. The van der Waals surface area contributed by atoms with E-state index in [4.69, 9.17) is 28.9 Å². The van der Waals surface area contributed by atoms with E-state index in [-0.39, 0.29) is 16.3 Å². The van der Waals surface area contributed by atoms with E-state index in [0.29, 0.717) is 11.4 Å². The minimum Gasteiger partial charge on any atom is -0.368 e. The first kappa shape index (κ1) is 10.1. The second-order valence-corrected chi connectivity index (χ2v) is 3.44. The monoisotopic (exact) mass is 241 g/mol. The van der Waals surface area contributed by atoms with E-state index in [2.05, 4.69) is 19.9 Å². The van der Waals surface area contributed by atoms with Crippen LogP contribution in [0.3, 0.4) is 0 Å². The van der Waals surface area contributed by atoms with Gasteiger partial charge in [0.15, 0.2) is 0 Å². The molecular formula is C8H5Cl2N5. The lowest BCUT2D eigenvalue weighted by Crippen LogP contribution is -1.98. The van der Waals surface area contributed by atoms with Gasteiger partial charge in [-0.15, -0.1) is 0 Å². The Morgan fingerprint density at radius 3 is 2.40 bits per heavy atom. The van der Waals surface area contributed by atoms with Crippen molar-refractivity contribution >= 4 is 29.2 Å². The van der Waals surface area contributed by atoms with Crippen LogP contribution in [0.1, 0.15) is 0 Å². The summed E-state index contributed by atoms with van der Waals surface area (Å²) in [6, 6.07) is 1.54. The maximum Gasteiger partial charge on any atom is 0.222 e. The van der Waals surface area contributed by atoms with Gasteiger partial charge in [0.05, 0.1) is 18.1 Å². The van der Waals surface area contributed by atoms with Gasteiger partial charge in [-0.3, -0.25) is 4.98 Å². The molecule has 0 spiro atoms. The molecule has 2 aromatic heterocycles. The summed E-state index contributed by atoms with van der Waals surface area (Å²) in [7, 11) is 0. The van der Waals surface area contributed by atoms with Crippen LogP contribution >= 0.6 is 23.2 Å². The van der Waals surface area contributed by atoms with Crippen LogP contribution in [0, 0.1) is 0 Å². The van der Waals surface area contributed by atoms with E-state index in [1.807, 2.05) is 0 Å². The predicted molar refractivity (Wildman–Crippen MR) is 57.5 cm³/mol. The minimum atomic E-state index is 0.0827. The molecule has 0 aliphatic heterocycles. The summed E-state index contributed by atoms with van der Waals surface area (Å²) in [6.07, 6.45) is 2.95. The van der Waals surface area contributed by atoms with Crippen molar-refractivity contribution in [2.24, 2.45) is 0 Å². The van der Waals surface area contributed by atoms with Gasteiger partial charge in [-0.1, -0.05) is 23.2 Å². The zero-order valence-electron chi connectivity index (χ0n) is 7.35. The summed E-state index contributed by atoms with van der Waals surface area (Å²) in [5.41, 5.74) is 6.43. The molecule has 0 unspecified atom stereocenters. The first-order chi connectivity index (χ1) is 7.15. The molecule has 2 rings (SSSR count). The molecule has 7 heteroatoms. The third-order valence-electron chi connectivity index (χ3n) is 1.58. The van der Waals surface area contributed by atoms with Crippen LogP contribution in [0.5, 0.6) is 0 Å². The molecule has 0 radical (unpaired) electrons. The number of nitrogens with two attached hydrogens (primary N) is 1. The number of nitrogen functional groups attached to an aromatic ring is 1. The van der Waals surface area contributed by atoms with Crippen molar-refractivity contribution in [2.75, 3.05) is 5.73 Å². The smallest absolute Gasteiger partial charge is 0.222 e. The van der Waals surface area contributed by atoms with Crippen LogP contribution in [-0.4, -0.2) is 19.9 Å². The van der Waals surface area contributed by atoms with Gasteiger partial charge in [0.2, 0.25) is 5.95 Å². The van der Waals surface area contributed by atoms with Gasteiger partial charge >= 0.3 is 0 Å². The normalized spacial score (nSPS) is 10.3. The molecular weight excluding hydrogens is 237 g/mol. The summed E-state index contributed by atoms with van der Waals surface area (Å²) >= 11 is 11.4. The molecule has 76 valence electrons.